The number of amides is 2. The number of primary amides is 1. The van der Waals surface area contributed by atoms with Crippen molar-refractivity contribution >= 4 is 23.6 Å². The smallest absolute Gasteiger partial charge is 0.266 e. The van der Waals surface area contributed by atoms with Crippen LogP contribution in [0.4, 0.5) is 5.69 Å². The standard InChI is InChI=1S/C24H22N4O3/c1-15-12-18(16(2)28(15)21-6-4-5-7-22(21)31-3)13-19(14-25)24(30)27-20-10-8-17(9-11-20)23(26)29/h4-13H,1-3H3,(H2,26,29)(H,27,30)/b19-13+. The zero-order chi connectivity index (χ0) is 22.5. The summed E-state index contributed by atoms with van der Waals surface area (Å²) in [6, 6.07) is 17.6. The van der Waals surface area contributed by atoms with Crippen molar-refractivity contribution in [2.75, 3.05) is 12.4 Å². The average Bonchev–Trinajstić information content (AvgIpc) is 3.04. The fraction of sp³-hybridized carbons (Fsp3) is 0.125. The molecule has 1 heterocycles. The third-order valence-corrected chi connectivity index (χ3v) is 4.89. The molecular formula is C24H22N4O3. The summed E-state index contributed by atoms with van der Waals surface area (Å²) < 4.78 is 7.48. The van der Waals surface area contributed by atoms with Gasteiger partial charge in [-0.05, 0) is 68.0 Å². The molecule has 7 nitrogen and oxygen atoms in total. The Bertz CT molecular complexity index is 1210. The Labute approximate surface area is 180 Å². The number of nitrogens with two attached hydrogens (primary N) is 1. The molecule has 0 bridgehead atoms. The molecule has 0 fully saturated rings. The van der Waals surface area contributed by atoms with Crippen LogP contribution in [0.3, 0.4) is 0 Å². The number of aryl methyl sites for hydroxylation is 1. The molecule has 3 rings (SSSR count). The number of nitriles is 1. The van der Waals surface area contributed by atoms with E-state index >= 15 is 0 Å². The number of benzene rings is 2. The second kappa shape index (κ2) is 9.01. The topological polar surface area (TPSA) is 110 Å². The van der Waals surface area contributed by atoms with Crippen LogP contribution >= 0.6 is 0 Å². The van der Waals surface area contributed by atoms with E-state index in [0.717, 1.165) is 28.4 Å². The molecule has 31 heavy (non-hydrogen) atoms. The van der Waals surface area contributed by atoms with E-state index in [1.165, 1.54) is 12.1 Å². The Morgan fingerprint density at radius 2 is 1.81 bits per heavy atom. The number of ether oxygens (including phenoxy) is 1. The Morgan fingerprint density at radius 1 is 1.13 bits per heavy atom. The first-order chi connectivity index (χ1) is 14.8. The van der Waals surface area contributed by atoms with Gasteiger partial charge in [0.25, 0.3) is 5.91 Å². The number of carbonyl (C=O) groups excluding carboxylic acids is 2. The highest BCUT2D eigenvalue weighted by Crippen LogP contribution is 2.29. The van der Waals surface area contributed by atoms with E-state index in [0.29, 0.717) is 11.3 Å². The van der Waals surface area contributed by atoms with Gasteiger partial charge < -0.3 is 20.4 Å². The van der Waals surface area contributed by atoms with Crippen LogP contribution in [0.5, 0.6) is 5.75 Å². The van der Waals surface area contributed by atoms with Gasteiger partial charge in [0.15, 0.2) is 0 Å². The van der Waals surface area contributed by atoms with Crippen LogP contribution in [-0.2, 0) is 4.79 Å². The lowest BCUT2D eigenvalue weighted by Gasteiger charge is -2.13. The summed E-state index contributed by atoms with van der Waals surface area (Å²) in [5.74, 6) is -0.380. The first-order valence-corrected chi connectivity index (χ1v) is 9.51. The molecule has 0 atom stereocenters. The van der Waals surface area contributed by atoms with Gasteiger partial charge in [0.1, 0.15) is 17.4 Å². The van der Waals surface area contributed by atoms with Gasteiger partial charge in [0.2, 0.25) is 5.91 Å². The van der Waals surface area contributed by atoms with Crippen molar-refractivity contribution in [2.45, 2.75) is 13.8 Å². The number of hydrogen-bond donors (Lipinski definition) is 2. The number of hydrogen-bond acceptors (Lipinski definition) is 4. The van der Waals surface area contributed by atoms with Gasteiger partial charge in [-0.3, -0.25) is 9.59 Å². The fourth-order valence-electron chi connectivity index (χ4n) is 3.34. The van der Waals surface area contributed by atoms with Crippen molar-refractivity contribution in [1.82, 2.24) is 4.57 Å². The average molecular weight is 414 g/mol. The second-order valence-corrected chi connectivity index (χ2v) is 6.90. The molecule has 3 aromatic rings. The maximum atomic E-state index is 12.6. The van der Waals surface area contributed by atoms with Crippen LogP contribution in [0.1, 0.15) is 27.3 Å². The summed E-state index contributed by atoms with van der Waals surface area (Å²) >= 11 is 0. The molecule has 0 saturated carbocycles. The molecule has 0 aliphatic carbocycles. The molecule has 2 amide bonds. The minimum atomic E-state index is -0.555. The molecule has 0 saturated heterocycles. The molecule has 3 N–H and O–H groups in total. The van der Waals surface area contributed by atoms with Gasteiger partial charge >= 0.3 is 0 Å². The Balaban J connectivity index is 1.91. The Hall–Kier alpha value is -4.31. The largest absolute Gasteiger partial charge is 0.495 e. The summed E-state index contributed by atoms with van der Waals surface area (Å²) in [4.78, 5) is 23.8. The maximum absolute atomic E-state index is 12.6. The van der Waals surface area contributed by atoms with Crippen molar-refractivity contribution in [1.29, 1.82) is 5.26 Å². The van der Waals surface area contributed by atoms with Crippen molar-refractivity contribution in [2.24, 2.45) is 5.73 Å². The van der Waals surface area contributed by atoms with Crippen LogP contribution in [0.2, 0.25) is 0 Å². The number of anilines is 1. The number of para-hydroxylation sites is 2. The van der Waals surface area contributed by atoms with Gasteiger partial charge in [-0.25, -0.2) is 0 Å². The number of methoxy groups -OCH3 is 1. The Morgan fingerprint density at radius 3 is 2.42 bits per heavy atom. The molecule has 156 valence electrons. The van der Waals surface area contributed by atoms with Gasteiger partial charge in [-0.15, -0.1) is 0 Å². The molecule has 0 spiro atoms. The van der Waals surface area contributed by atoms with E-state index in [1.54, 1.807) is 25.3 Å². The van der Waals surface area contributed by atoms with Crippen LogP contribution in [0.25, 0.3) is 11.8 Å². The highest BCUT2D eigenvalue weighted by Gasteiger charge is 2.16. The summed E-state index contributed by atoms with van der Waals surface area (Å²) in [5, 5.41) is 12.2. The maximum Gasteiger partial charge on any atom is 0.266 e. The lowest BCUT2D eigenvalue weighted by molar-refractivity contribution is -0.112. The van der Waals surface area contributed by atoms with E-state index in [9.17, 15) is 14.9 Å². The van der Waals surface area contributed by atoms with Gasteiger partial charge in [-0.1, -0.05) is 12.1 Å². The van der Waals surface area contributed by atoms with Gasteiger partial charge in [0.05, 0.1) is 12.8 Å². The molecule has 2 aromatic carbocycles. The minimum Gasteiger partial charge on any atom is -0.495 e. The summed E-state index contributed by atoms with van der Waals surface area (Å²) in [5.41, 5.74) is 9.39. The normalized spacial score (nSPS) is 11.0. The molecule has 0 unspecified atom stereocenters. The molecule has 1 aromatic heterocycles. The predicted octanol–water partition coefficient (Wildman–Crippen LogP) is 3.75. The molecule has 7 heteroatoms. The van der Waals surface area contributed by atoms with Crippen molar-refractivity contribution in [3.05, 3.63) is 82.7 Å². The number of carbonyl (C=O) groups is 2. The van der Waals surface area contributed by atoms with Crippen LogP contribution in [0.15, 0.2) is 60.2 Å². The first-order valence-electron chi connectivity index (χ1n) is 9.51. The van der Waals surface area contributed by atoms with Crippen LogP contribution in [-0.4, -0.2) is 23.5 Å². The summed E-state index contributed by atoms with van der Waals surface area (Å²) in [6.07, 6.45) is 1.56. The quantitative estimate of drug-likeness (QED) is 0.473. The van der Waals surface area contributed by atoms with Crippen LogP contribution in [0, 0.1) is 25.2 Å². The van der Waals surface area contributed by atoms with E-state index in [2.05, 4.69) is 5.32 Å². The third-order valence-electron chi connectivity index (χ3n) is 4.89. The number of nitrogens with one attached hydrogen (secondary N) is 1. The van der Waals surface area contributed by atoms with Crippen molar-refractivity contribution in [3.63, 3.8) is 0 Å². The lowest BCUT2D eigenvalue weighted by atomic mass is 10.1. The predicted molar refractivity (Wildman–Crippen MR) is 119 cm³/mol. The fourth-order valence-corrected chi connectivity index (χ4v) is 3.34. The summed E-state index contributed by atoms with van der Waals surface area (Å²) in [7, 11) is 1.61. The zero-order valence-electron chi connectivity index (χ0n) is 17.5. The highest BCUT2D eigenvalue weighted by molar-refractivity contribution is 6.10. The second-order valence-electron chi connectivity index (χ2n) is 6.90. The minimum absolute atomic E-state index is 0.0424. The first kappa shape index (κ1) is 21.4. The third kappa shape index (κ3) is 4.49. The van der Waals surface area contributed by atoms with Crippen LogP contribution < -0.4 is 15.8 Å². The monoisotopic (exact) mass is 414 g/mol. The van der Waals surface area contributed by atoms with E-state index in [-0.39, 0.29) is 5.57 Å². The number of aromatic nitrogens is 1. The van der Waals surface area contributed by atoms with Gasteiger partial charge in [0, 0.05) is 22.6 Å². The molecule has 0 aliphatic heterocycles. The number of rotatable bonds is 6. The zero-order valence-corrected chi connectivity index (χ0v) is 17.5. The van der Waals surface area contributed by atoms with Crippen molar-refractivity contribution in [3.8, 4) is 17.5 Å². The molecule has 0 radical (unpaired) electrons. The van der Waals surface area contributed by atoms with Crippen molar-refractivity contribution < 1.29 is 14.3 Å². The highest BCUT2D eigenvalue weighted by atomic mass is 16.5. The molecule has 0 aliphatic rings. The summed E-state index contributed by atoms with van der Waals surface area (Å²) in [6.45, 7) is 3.86. The molecular weight excluding hydrogens is 392 g/mol. The Kier molecular flexibility index (Phi) is 6.22. The van der Waals surface area contributed by atoms with E-state index < -0.39 is 11.8 Å². The van der Waals surface area contributed by atoms with Gasteiger partial charge in [-0.2, -0.15) is 5.26 Å². The SMILES string of the molecule is COc1ccccc1-n1c(C)cc(/C=C(\C#N)C(=O)Nc2ccc(C(N)=O)cc2)c1C. The van der Waals surface area contributed by atoms with E-state index in [1.807, 2.05) is 54.8 Å². The van der Waals surface area contributed by atoms with E-state index in [4.69, 9.17) is 10.5 Å². The number of nitrogens with zero attached hydrogens (tertiary/aromatic N) is 2. The lowest BCUT2D eigenvalue weighted by Crippen LogP contribution is -2.14.